The minimum atomic E-state index is -0.704. The molecule has 0 fully saturated rings. The summed E-state index contributed by atoms with van der Waals surface area (Å²) in [4.78, 5) is 26.8. The summed E-state index contributed by atoms with van der Waals surface area (Å²) in [7, 11) is 0. The molecule has 0 aliphatic carbocycles. The van der Waals surface area contributed by atoms with Gasteiger partial charge in [-0.2, -0.15) is 0 Å². The molecule has 21 heavy (non-hydrogen) atoms. The zero-order valence-corrected chi connectivity index (χ0v) is 10.7. The molecule has 3 rings (SSSR count). The Bertz CT molecular complexity index is 733. The highest BCUT2D eigenvalue weighted by Gasteiger charge is 2.17. The highest BCUT2D eigenvalue weighted by molar-refractivity contribution is 6.05. The van der Waals surface area contributed by atoms with Crippen LogP contribution in [0.5, 0.6) is 5.75 Å². The smallest absolute Gasteiger partial charge is 0.262 e. The van der Waals surface area contributed by atoms with E-state index in [2.05, 4.69) is 15.6 Å². The molecule has 1 aliphatic heterocycles. The second-order valence-corrected chi connectivity index (χ2v) is 4.36. The van der Waals surface area contributed by atoms with E-state index in [0.29, 0.717) is 17.1 Å². The minimum Gasteiger partial charge on any atom is -0.482 e. The average Bonchev–Trinajstić information content (AvgIpc) is 2.47. The molecule has 2 heterocycles. The van der Waals surface area contributed by atoms with Gasteiger partial charge in [-0.05, 0) is 24.3 Å². The van der Waals surface area contributed by atoms with Crippen LogP contribution in [0, 0.1) is 5.82 Å². The first kappa shape index (κ1) is 13.0. The van der Waals surface area contributed by atoms with Gasteiger partial charge in [-0.15, -0.1) is 0 Å². The number of fused-ring (bicyclic) bond motifs is 1. The standard InChI is InChI=1S/C14H10FN3O3/c15-10-6-16-4-3-9(10)14(20)17-8-1-2-12-11(5-8)18-13(19)7-21-12/h1-6H,7H2,(H,17,20)(H,18,19). The number of hydrogen-bond donors (Lipinski definition) is 2. The Morgan fingerprint density at radius 3 is 3.05 bits per heavy atom. The normalized spacial score (nSPS) is 12.9. The lowest BCUT2D eigenvalue weighted by atomic mass is 10.2. The lowest BCUT2D eigenvalue weighted by molar-refractivity contribution is -0.118. The van der Waals surface area contributed by atoms with Gasteiger partial charge in [0.2, 0.25) is 0 Å². The summed E-state index contributed by atoms with van der Waals surface area (Å²) in [6.07, 6.45) is 2.30. The van der Waals surface area contributed by atoms with Crippen molar-refractivity contribution in [2.45, 2.75) is 0 Å². The molecular formula is C14H10FN3O3. The van der Waals surface area contributed by atoms with E-state index in [-0.39, 0.29) is 18.1 Å². The van der Waals surface area contributed by atoms with Gasteiger partial charge in [0.25, 0.3) is 11.8 Å². The van der Waals surface area contributed by atoms with Crippen molar-refractivity contribution in [2.75, 3.05) is 17.2 Å². The molecule has 106 valence electrons. The van der Waals surface area contributed by atoms with Crippen molar-refractivity contribution in [3.63, 3.8) is 0 Å². The third-order valence-electron chi connectivity index (χ3n) is 2.89. The molecule has 2 N–H and O–H groups in total. The summed E-state index contributed by atoms with van der Waals surface area (Å²) in [6.45, 7) is -0.0407. The number of pyridine rings is 1. The Balaban J connectivity index is 1.82. The molecule has 2 aromatic rings. The Kier molecular flexibility index (Phi) is 3.23. The Morgan fingerprint density at radius 1 is 1.38 bits per heavy atom. The van der Waals surface area contributed by atoms with E-state index in [9.17, 15) is 14.0 Å². The van der Waals surface area contributed by atoms with Crippen LogP contribution in [0.2, 0.25) is 0 Å². The highest BCUT2D eigenvalue weighted by Crippen LogP contribution is 2.30. The van der Waals surface area contributed by atoms with Crippen molar-refractivity contribution in [3.8, 4) is 5.75 Å². The molecule has 0 atom stereocenters. The predicted molar refractivity (Wildman–Crippen MR) is 72.7 cm³/mol. The quantitative estimate of drug-likeness (QED) is 0.882. The van der Waals surface area contributed by atoms with Gasteiger partial charge in [0, 0.05) is 11.9 Å². The highest BCUT2D eigenvalue weighted by atomic mass is 19.1. The fraction of sp³-hybridized carbons (Fsp3) is 0.0714. The lowest BCUT2D eigenvalue weighted by Crippen LogP contribution is -2.25. The van der Waals surface area contributed by atoms with Crippen LogP contribution in [0.4, 0.5) is 15.8 Å². The van der Waals surface area contributed by atoms with Crippen molar-refractivity contribution in [2.24, 2.45) is 0 Å². The van der Waals surface area contributed by atoms with Gasteiger partial charge in [-0.3, -0.25) is 14.6 Å². The minimum absolute atomic E-state index is 0.0407. The van der Waals surface area contributed by atoms with Gasteiger partial charge in [0.15, 0.2) is 12.4 Å². The number of nitrogens with one attached hydrogen (secondary N) is 2. The summed E-state index contributed by atoms with van der Waals surface area (Å²) in [5, 5.41) is 5.18. The molecule has 0 saturated carbocycles. The maximum atomic E-state index is 13.5. The number of carbonyl (C=O) groups is 2. The summed E-state index contributed by atoms with van der Waals surface area (Å²) >= 11 is 0. The number of rotatable bonds is 2. The maximum Gasteiger partial charge on any atom is 0.262 e. The maximum absolute atomic E-state index is 13.5. The van der Waals surface area contributed by atoms with E-state index in [0.717, 1.165) is 6.20 Å². The Morgan fingerprint density at radius 2 is 2.24 bits per heavy atom. The molecule has 1 aromatic carbocycles. The van der Waals surface area contributed by atoms with Gasteiger partial charge in [0.05, 0.1) is 17.4 Å². The molecule has 1 aliphatic rings. The van der Waals surface area contributed by atoms with E-state index in [4.69, 9.17) is 4.74 Å². The van der Waals surface area contributed by atoms with Crippen LogP contribution in [0.25, 0.3) is 0 Å². The first-order valence-electron chi connectivity index (χ1n) is 6.11. The zero-order chi connectivity index (χ0) is 14.8. The number of amides is 2. The number of ether oxygens (including phenoxy) is 1. The molecule has 0 spiro atoms. The average molecular weight is 287 g/mol. The van der Waals surface area contributed by atoms with Crippen LogP contribution in [-0.4, -0.2) is 23.4 Å². The SMILES string of the molecule is O=C1COc2ccc(NC(=O)c3ccncc3F)cc2N1. The summed E-state index contributed by atoms with van der Waals surface area (Å²) in [5.74, 6) is -1.06. The molecule has 0 unspecified atom stereocenters. The number of nitrogens with zero attached hydrogens (tertiary/aromatic N) is 1. The van der Waals surface area contributed by atoms with Gasteiger partial charge in [-0.1, -0.05) is 0 Å². The van der Waals surface area contributed by atoms with Crippen molar-refractivity contribution in [3.05, 3.63) is 48.0 Å². The fourth-order valence-electron chi connectivity index (χ4n) is 1.92. The first-order chi connectivity index (χ1) is 10.1. The summed E-state index contributed by atoms with van der Waals surface area (Å²) < 4.78 is 18.7. The van der Waals surface area contributed by atoms with Gasteiger partial charge in [-0.25, -0.2) is 4.39 Å². The van der Waals surface area contributed by atoms with E-state index >= 15 is 0 Å². The topological polar surface area (TPSA) is 80.3 Å². The second kappa shape index (κ2) is 5.20. The number of halogens is 1. The molecule has 0 bridgehead atoms. The summed E-state index contributed by atoms with van der Waals surface area (Å²) in [6, 6.07) is 6.05. The lowest BCUT2D eigenvalue weighted by Gasteiger charge is -2.18. The van der Waals surface area contributed by atoms with Crippen LogP contribution in [0.1, 0.15) is 10.4 Å². The molecular weight excluding hydrogens is 277 g/mol. The number of hydrogen-bond acceptors (Lipinski definition) is 4. The van der Waals surface area contributed by atoms with Gasteiger partial charge in [0.1, 0.15) is 5.75 Å². The number of aromatic nitrogens is 1. The first-order valence-corrected chi connectivity index (χ1v) is 6.11. The molecule has 0 saturated heterocycles. The second-order valence-electron chi connectivity index (χ2n) is 4.36. The Labute approximate surface area is 118 Å². The predicted octanol–water partition coefficient (Wildman–Crippen LogP) is 1.80. The van der Waals surface area contributed by atoms with Crippen LogP contribution < -0.4 is 15.4 Å². The summed E-state index contributed by atoms with van der Waals surface area (Å²) in [5.41, 5.74) is 0.767. The van der Waals surface area contributed by atoms with Crippen molar-refractivity contribution in [1.82, 2.24) is 4.98 Å². The number of anilines is 2. The monoisotopic (exact) mass is 287 g/mol. The third-order valence-corrected chi connectivity index (χ3v) is 2.89. The van der Waals surface area contributed by atoms with Gasteiger partial charge >= 0.3 is 0 Å². The van der Waals surface area contributed by atoms with Crippen molar-refractivity contribution >= 4 is 23.2 Å². The Hall–Kier alpha value is -2.96. The van der Waals surface area contributed by atoms with Crippen LogP contribution in [0.3, 0.4) is 0 Å². The number of carbonyl (C=O) groups excluding carboxylic acids is 2. The third kappa shape index (κ3) is 2.66. The largest absolute Gasteiger partial charge is 0.482 e. The van der Waals surface area contributed by atoms with Crippen molar-refractivity contribution < 1.29 is 18.7 Å². The molecule has 2 amide bonds. The van der Waals surface area contributed by atoms with E-state index in [1.807, 2.05) is 0 Å². The van der Waals surface area contributed by atoms with Crippen LogP contribution in [0.15, 0.2) is 36.7 Å². The fourth-order valence-corrected chi connectivity index (χ4v) is 1.92. The van der Waals surface area contributed by atoms with Crippen LogP contribution >= 0.6 is 0 Å². The molecule has 7 heteroatoms. The van der Waals surface area contributed by atoms with E-state index in [1.54, 1.807) is 18.2 Å². The number of benzene rings is 1. The molecule has 1 aromatic heterocycles. The van der Waals surface area contributed by atoms with Crippen molar-refractivity contribution in [1.29, 1.82) is 0 Å². The molecule has 6 nitrogen and oxygen atoms in total. The van der Waals surface area contributed by atoms with Crippen LogP contribution in [-0.2, 0) is 4.79 Å². The zero-order valence-electron chi connectivity index (χ0n) is 10.7. The van der Waals surface area contributed by atoms with E-state index < -0.39 is 11.7 Å². The molecule has 0 radical (unpaired) electrons. The van der Waals surface area contributed by atoms with E-state index in [1.165, 1.54) is 12.3 Å². The van der Waals surface area contributed by atoms with Gasteiger partial charge < -0.3 is 15.4 Å².